The van der Waals surface area contributed by atoms with Gasteiger partial charge < -0.3 is 0 Å². The van der Waals surface area contributed by atoms with Crippen LogP contribution in [0.25, 0.3) is 5.69 Å². The summed E-state index contributed by atoms with van der Waals surface area (Å²) >= 11 is 0. The largest absolute Gasteiger partial charge is 0.416 e. The summed E-state index contributed by atoms with van der Waals surface area (Å²) < 4.78 is 81.8. The summed E-state index contributed by atoms with van der Waals surface area (Å²) in [5.41, 5.74) is -1.26. The van der Waals surface area contributed by atoms with Crippen LogP contribution in [0, 0.1) is 12.8 Å². The molecule has 1 heterocycles. The summed E-state index contributed by atoms with van der Waals surface area (Å²) in [6.07, 6.45) is -5.25. The molecule has 0 radical (unpaired) electrons. The van der Waals surface area contributed by atoms with Crippen LogP contribution in [0.1, 0.15) is 24.1 Å². The van der Waals surface area contributed by atoms with Gasteiger partial charge >= 0.3 is 6.18 Å². The molecule has 1 aromatic carbocycles. The van der Waals surface area contributed by atoms with Gasteiger partial charge in [-0.25, -0.2) is 17.7 Å². The lowest BCUT2D eigenvalue weighted by Crippen LogP contribution is -2.39. The average Bonchev–Trinajstić information content (AvgIpc) is 2.76. The van der Waals surface area contributed by atoms with Crippen molar-refractivity contribution in [3.8, 4) is 5.69 Å². The van der Waals surface area contributed by atoms with Crippen LogP contribution in [-0.4, -0.2) is 25.2 Å². The van der Waals surface area contributed by atoms with Crippen LogP contribution in [0.15, 0.2) is 29.1 Å². The fraction of sp³-hybridized carbons (Fsp3) is 0.471. The fourth-order valence-electron chi connectivity index (χ4n) is 3.20. The molecule has 1 N–H and O–H groups in total. The van der Waals surface area contributed by atoms with E-state index in [9.17, 15) is 31.0 Å². The van der Waals surface area contributed by atoms with Gasteiger partial charge in [-0.2, -0.15) is 13.2 Å². The third kappa shape index (κ3) is 3.98. The van der Waals surface area contributed by atoms with Crippen LogP contribution in [0.4, 0.5) is 27.6 Å². The van der Waals surface area contributed by atoms with Gasteiger partial charge in [-0.15, -0.1) is 0 Å². The van der Waals surface area contributed by atoms with Crippen LogP contribution in [0.5, 0.6) is 0 Å². The molecule has 0 saturated heterocycles. The maximum Gasteiger partial charge on any atom is 0.416 e. The molecule has 1 aromatic heterocycles. The number of anilines is 1. The van der Waals surface area contributed by atoms with Gasteiger partial charge in [0.1, 0.15) is 16.7 Å². The van der Waals surface area contributed by atoms with Crippen LogP contribution in [0.3, 0.4) is 0 Å². The summed E-state index contributed by atoms with van der Waals surface area (Å²) in [6.45, 7) is 1.54. The van der Waals surface area contributed by atoms with E-state index in [2.05, 4.69) is 4.72 Å². The third-order valence-corrected chi connectivity index (χ3v) is 5.96. The summed E-state index contributed by atoms with van der Waals surface area (Å²) in [5.74, 6) is -3.17. The molecule has 0 aliphatic heterocycles. The molecule has 0 amide bonds. The van der Waals surface area contributed by atoms with Gasteiger partial charge in [0, 0.05) is 25.6 Å². The number of hydrogen-bond donors (Lipinski definition) is 1. The lowest BCUT2D eigenvalue weighted by molar-refractivity contribution is -0.137. The van der Waals surface area contributed by atoms with E-state index in [-0.39, 0.29) is 30.0 Å². The molecule has 2 aromatic rings. The number of hydrogen-bond acceptors (Lipinski definition) is 2. The second-order valence-corrected chi connectivity index (χ2v) is 8.12. The van der Waals surface area contributed by atoms with Gasteiger partial charge in [0.15, 0.2) is 0 Å². The highest BCUT2D eigenvalue weighted by atomic mass is 32.2. The number of nitrogens with one attached hydrogen (secondary N) is 1. The minimum Gasteiger partial charge on any atom is -0.299 e. The Balaban J connectivity index is 1.86. The van der Waals surface area contributed by atoms with Crippen LogP contribution < -0.4 is 10.3 Å². The number of benzene rings is 1. The second kappa shape index (κ2) is 7.02. The number of rotatable bonds is 5. The van der Waals surface area contributed by atoms with Crippen LogP contribution >= 0.6 is 0 Å². The first-order valence-electron chi connectivity index (χ1n) is 8.38. The highest BCUT2D eigenvalue weighted by Gasteiger charge is 2.45. The highest BCUT2D eigenvalue weighted by Crippen LogP contribution is 2.42. The van der Waals surface area contributed by atoms with Crippen LogP contribution in [-0.2, 0) is 24.2 Å². The fourth-order valence-corrected chi connectivity index (χ4v) is 4.41. The van der Waals surface area contributed by atoms with Crippen molar-refractivity contribution in [2.75, 3.05) is 10.5 Å². The molecule has 1 unspecified atom stereocenters. The van der Waals surface area contributed by atoms with E-state index >= 15 is 0 Å². The normalized spacial score (nSPS) is 18.0. The molecule has 0 spiro atoms. The van der Waals surface area contributed by atoms with Crippen molar-refractivity contribution in [3.05, 3.63) is 45.9 Å². The molecule has 28 heavy (non-hydrogen) atoms. The van der Waals surface area contributed by atoms with E-state index in [1.165, 1.54) is 23.9 Å². The zero-order valence-corrected chi connectivity index (χ0v) is 15.8. The number of alkyl halides is 5. The first kappa shape index (κ1) is 20.6. The number of aromatic nitrogens is 2. The predicted octanol–water partition coefficient (Wildman–Crippen LogP) is 3.62. The maximum absolute atomic E-state index is 13.0. The molecule has 1 aliphatic rings. The monoisotopic (exact) mass is 423 g/mol. The Hall–Kier alpha value is -2.17. The molecule has 0 bridgehead atoms. The Bertz CT molecular complexity index is 972. The second-order valence-electron chi connectivity index (χ2n) is 6.89. The maximum atomic E-state index is 13.0. The lowest BCUT2D eigenvalue weighted by Gasteiger charge is -2.34. The van der Waals surface area contributed by atoms with Crippen molar-refractivity contribution in [3.63, 3.8) is 0 Å². The Morgan fingerprint density at radius 1 is 1.29 bits per heavy atom. The van der Waals surface area contributed by atoms with Gasteiger partial charge in [0.2, 0.25) is 5.92 Å². The lowest BCUT2D eigenvalue weighted by atomic mass is 9.83. The van der Waals surface area contributed by atoms with E-state index in [0.29, 0.717) is 5.69 Å². The van der Waals surface area contributed by atoms with E-state index < -0.39 is 40.1 Å². The third-order valence-electron chi connectivity index (χ3n) is 4.75. The first-order valence-corrected chi connectivity index (χ1v) is 9.70. The Morgan fingerprint density at radius 2 is 1.93 bits per heavy atom. The quantitative estimate of drug-likeness (QED) is 0.747. The van der Waals surface area contributed by atoms with Gasteiger partial charge in [-0.05, 0) is 31.0 Å². The minimum atomic E-state index is -4.56. The van der Waals surface area contributed by atoms with E-state index in [1.807, 2.05) is 0 Å². The van der Waals surface area contributed by atoms with Crippen molar-refractivity contribution in [2.24, 2.45) is 13.0 Å². The van der Waals surface area contributed by atoms with E-state index in [4.69, 9.17) is 0 Å². The van der Waals surface area contributed by atoms with Gasteiger partial charge in [0.25, 0.3) is 5.56 Å². The topological polar surface area (TPSA) is 56.0 Å². The van der Waals surface area contributed by atoms with Gasteiger partial charge in [-0.1, -0.05) is 6.07 Å². The van der Waals surface area contributed by atoms with E-state index in [0.717, 1.165) is 16.8 Å². The molecule has 11 heteroatoms. The predicted molar refractivity (Wildman–Crippen MR) is 95.1 cm³/mol. The number of nitrogens with zero attached hydrogens (tertiary/aromatic N) is 2. The van der Waals surface area contributed by atoms with Crippen molar-refractivity contribution in [1.29, 1.82) is 0 Å². The molecule has 1 atom stereocenters. The molecule has 1 aliphatic carbocycles. The van der Waals surface area contributed by atoms with Crippen molar-refractivity contribution in [2.45, 2.75) is 31.9 Å². The van der Waals surface area contributed by atoms with Crippen molar-refractivity contribution in [1.82, 2.24) is 9.36 Å². The van der Waals surface area contributed by atoms with E-state index in [1.54, 1.807) is 6.92 Å². The smallest absolute Gasteiger partial charge is 0.299 e. The Labute approximate surface area is 159 Å². The molecule has 154 valence electrons. The summed E-state index contributed by atoms with van der Waals surface area (Å²) in [7, 11) is -0.280. The molecular weight excluding hydrogens is 405 g/mol. The van der Waals surface area contributed by atoms with Crippen LogP contribution in [0.2, 0.25) is 0 Å². The SMILES string of the molecule is Cc1c(NS(=O)CC2CC(F)(F)C2)c(=O)n(-c2cccc(C(F)(F)F)c2)n1C. The zero-order chi connectivity index (χ0) is 20.9. The minimum absolute atomic E-state index is 0.00268. The zero-order valence-electron chi connectivity index (χ0n) is 15.0. The Morgan fingerprint density at radius 3 is 2.50 bits per heavy atom. The molecule has 1 fully saturated rings. The molecular formula is C17H18F5N3O2S. The summed E-state index contributed by atoms with van der Waals surface area (Å²) in [5, 5.41) is 0. The van der Waals surface area contributed by atoms with Gasteiger partial charge in [-0.3, -0.25) is 14.2 Å². The average molecular weight is 423 g/mol. The Kier molecular flexibility index (Phi) is 5.15. The van der Waals surface area contributed by atoms with Crippen molar-refractivity contribution >= 4 is 16.7 Å². The number of halogens is 5. The molecule has 1 saturated carbocycles. The molecule has 3 rings (SSSR count). The molecule has 5 nitrogen and oxygen atoms in total. The summed E-state index contributed by atoms with van der Waals surface area (Å²) in [4.78, 5) is 12.7. The highest BCUT2D eigenvalue weighted by molar-refractivity contribution is 7.86. The standard InChI is InChI=1S/C17H18F5N3O2S/c1-10-14(23-28(27)9-11-7-16(18,19)8-11)15(26)25(24(10)2)13-5-3-4-12(6-13)17(20,21)22/h3-6,11,23H,7-9H2,1-2H3. The van der Waals surface area contributed by atoms with Gasteiger partial charge in [0.05, 0.1) is 16.9 Å². The first-order chi connectivity index (χ1) is 12.9. The van der Waals surface area contributed by atoms with Crippen molar-refractivity contribution < 1.29 is 26.2 Å². The summed E-state index contributed by atoms with van der Waals surface area (Å²) in [6, 6.07) is 4.28.